The molecule has 2 rings (SSSR count). The molecule has 1 aliphatic rings. The summed E-state index contributed by atoms with van der Waals surface area (Å²) < 4.78 is 4.98. The van der Waals surface area contributed by atoms with E-state index in [-0.39, 0.29) is 23.6 Å². The monoisotopic (exact) mass is 335 g/mol. The first-order valence-corrected chi connectivity index (χ1v) is 8.13. The van der Waals surface area contributed by atoms with Crippen LogP contribution in [0.15, 0.2) is 12.4 Å². The Balaban J connectivity index is 1.88. The van der Waals surface area contributed by atoms with Crippen molar-refractivity contribution in [2.45, 2.75) is 38.8 Å². The molecule has 2 amide bonds. The van der Waals surface area contributed by atoms with Gasteiger partial charge in [-0.3, -0.25) is 14.6 Å². The quantitative estimate of drug-likeness (QED) is 0.795. The molecule has 3 N–H and O–H groups in total. The van der Waals surface area contributed by atoms with Gasteiger partial charge in [-0.25, -0.2) is 4.98 Å². The maximum atomic E-state index is 12.3. The molecular formula is C16H25N5O3. The summed E-state index contributed by atoms with van der Waals surface area (Å²) >= 11 is 0. The lowest BCUT2D eigenvalue weighted by Gasteiger charge is -2.35. The molecule has 8 nitrogen and oxygen atoms in total. The molecule has 1 aromatic rings. The lowest BCUT2D eigenvalue weighted by atomic mass is 9.90. The smallest absolute Gasteiger partial charge is 0.271 e. The molecule has 0 spiro atoms. The molecule has 0 radical (unpaired) electrons. The molecule has 1 aromatic heterocycles. The number of hydrogen-bond donors (Lipinski definition) is 2. The average molecular weight is 335 g/mol. The summed E-state index contributed by atoms with van der Waals surface area (Å²) in [5, 5.41) is 2.96. The molecule has 8 heteroatoms. The number of piperidine rings is 1. The zero-order valence-corrected chi connectivity index (χ0v) is 14.4. The summed E-state index contributed by atoms with van der Waals surface area (Å²) in [6.07, 6.45) is 4.53. The highest BCUT2D eigenvalue weighted by molar-refractivity contribution is 5.92. The normalized spacial score (nSPS) is 17.9. The van der Waals surface area contributed by atoms with Crippen molar-refractivity contribution in [2.75, 3.05) is 20.2 Å². The van der Waals surface area contributed by atoms with Crippen LogP contribution in [0.5, 0.6) is 5.88 Å². The van der Waals surface area contributed by atoms with Crippen molar-refractivity contribution in [3.8, 4) is 5.88 Å². The van der Waals surface area contributed by atoms with E-state index in [0.717, 1.165) is 12.8 Å². The molecule has 24 heavy (non-hydrogen) atoms. The summed E-state index contributed by atoms with van der Waals surface area (Å²) in [7, 11) is 1.48. The maximum absolute atomic E-state index is 12.3. The lowest BCUT2D eigenvalue weighted by molar-refractivity contribution is -0.133. The van der Waals surface area contributed by atoms with E-state index in [1.807, 2.05) is 6.92 Å². The van der Waals surface area contributed by atoms with Crippen LogP contribution in [0.3, 0.4) is 0 Å². The number of carbonyl (C=O) groups excluding carboxylic acids is 2. The molecule has 0 saturated carbocycles. The third-order valence-corrected chi connectivity index (χ3v) is 4.36. The first kappa shape index (κ1) is 18.1. The minimum Gasteiger partial charge on any atom is -0.480 e. The van der Waals surface area contributed by atoms with Crippen LogP contribution in [0, 0.1) is 5.92 Å². The van der Waals surface area contributed by atoms with Gasteiger partial charge in [0.05, 0.1) is 25.5 Å². The second-order valence-corrected chi connectivity index (χ2v) is 6.16. The number of carbonyl (C=O) groups is 2. The topological polar surface area (TPSA) is 110 Å². The molecule has 1 aliphatic heterocycles. The Bertz CT molecular complexity index is 585. The summed E-state index contributed by atoms with van der Waals surface area (Å²) in [6, 6.07) is -0.483. The van der Waals surface area contributed by atoms with Crippen LogP contribution in [0.4, 0.5) is 0 Å². The third-order valence-electron chi connectivity index (χ3n) is 4.36. The zero-order chi connectivity index (χ0) is 17.7. The van der Waals surface area contributed by atoms with Gasteiger partial charge in [0.2, 0.25) is 11.8 Å². The van der Waals surface area contributed by atoms with Crippen LogP contribution in [0.2, 0.25) is 0 Å². The fourth-order valence-electron chi connectivity index (χ4n) is 2.86. The minimum absolute atomic E-state index is 0.0157. The number of ether oxygens (including phenoxy) is 1. The fourth-order valence-corrected chi connectivity index (χ4v) is 2.86. The van der Waals surface area contributed by atoms with E-state index in [1.165, 1.54) is 19.5 Å². The van der Waals surface area contributed by atoms with Gasteiger partial charge in [0.1, 0.15) is 5.69 Å². The summed E-state index contributed by atoms with van der Waals surface area (Å²) in [5.74, 6) is 0.322. The predicted octanol–water partition coefficient (Wildman–Crippen LogP) is 0.189. The summed E-state index contributed by atoms with van der Waals surface area (Å²) in [6.45, 7) is 5.01. The van der Waals surface area contributed by atoms with Crippen molar-refractivity contribution in [2.24, 2.45) is 11.7 Å². The minimum atomic E-state index is -0.467. The number of methoxy groups -OCH3 is 1. The molecular weight excluding hydrogens is 310 g/mol. The predicted molar refractivity (Wildman–Crippen MR) is 88.5 cm³/mol. The molecule has 1 unspecified atom stereocenters. The fraction of sp³-hybridized carbons (Fsp3) is 0.625. The number of aromatic nitrogens is 2. The highest BCUT2D eigenvalue weighted by atomic mass is 16.5. The van der Waals surface area contributed by atoms with E-state index in [4.69, 9.17) is 10.5 Å². The Kier molecular flexibility index (Phi) is 6.08. The van der Waals surface area contributed by atoms with Crippen LogP contribution in [0.1, 0.15) is 37.2 Å². The molecule has 132 valence electrons. The van der Waals surface area contributed by atoms with Gasteiger partial charge >= 0.3 is 0 Å². The van der Waals surface area contributed by atoms with Crippen LogP contribution < -0.4 is 15.8 Å². The summed E-state index contributed by atoms with van der Waals surface area (Å²) in [5.41, 5.74) is 5.87. The number of nitrogens with two attached hydrogens (primary N) is 1. The molecule has 2 atom stereocenters. The van der Waals surface area contributed by atoms with Gasteiger partial charge in [-0.2, -0.15) is 0 Å². The van der Waals surface area contributed by atoms with Gasteiger partial charge < -0.3 is 20.7 Å². The van der Waals surface area contributed by atoms with Crippen LogP contribution >= 0.6 is 0 Å². The first-order chi connectivity index (χ1) is 11.4. The van der Waals surface area contributed by atoms with Gasteiger partial charge in [-0.1, -0.05) is 0 Å². The number of likely N-dealkylation sites (tertiary alicyclic amines) is 1. The van der Waals surface area contributed by atoms with Crippen molar-refractivity contribution in [3.05, 3.63) is 18.1 Å². The van der Waals surface area contributed by atoms with E-state index >= 15 is 0 Å². The Hall–Kier alpha value is -2.22. The zero-order valence-electron chi connectivity index (χ0n) is 14.4. The Morgan fingerprint density at radius 2 is 2.00 bits per heavy atom. The molecule has 1 saturated heterocycles. The van der Waals surface area contributed by atoms with Gasteiger partial charge in [0, 0.05) is 19.1 Å². The third kappa shape index (κ3) is 4.41. The van der Waals surface area contributed by atoms with E-state index in [1.54, 1.807) is 11.8 Å². The number of hydrogen-bond acceptors (Lipinski definition) is 6. The molecule has 0 aliphatic carbocycles. The second-order valence-electron chi connectivity index (χ2n) is 6.16. The Morgan fingerprint density at radius 3 is 2.58 bits per heavy atom. The number of nitrogens with one attached hydrogen (secondary N) is 1. The van der Waals surface area contributed by atoms with Crippen molar-refractivity contribution >= 4 is 11.8 Å². The Labute approximate surface area is 141 Å². The number of nitrogens with zero attached hydrogens (tertiary/aromatic N) is 3. The van der Waals surface area contributed by atoms with E-state index in [2.05, 4.69) is 15.3 Å². The van der Waals surface area contributed by atoms with Crippen molar-refractivity contribution in [1.29, 1.82) is 0 Å². The van der Waals surface area contributed by atoms with Crippen LogP contribution in [0.25, 0.3) is 0 Å². The first-order valence-electron chi connectivity index (χ1n) is 8.13. The van der Waals surface area contributed by atoms with E-state index in [9.17, 15) is 9.59 Å². The highest BCUT2D eigenvalue weighted by Crippen LogP contribution is 2.21. The molecule has 1 fully saturated rings. The number of amides is 2. The molecule has 0 bridgehead atoms. The molecule has 0 aromatic carbocycles. The van der Waals surface area contributed by atoms with Crippen molar-refractivity contribution in [3.63, 3.8) is 0 Å². The average Bonchev–Trinajstić information content (AvgIpc) is 2.61. The van der Waals surface area contributed by atoms with Crippen molar-refractivity contribution in [1.82, 2.24) is 20.2 Å². The summed E-state index contributed by atoms with van der Waals surface area (Å²) in [4.78, 5) is 34.0. The van der Waals surface area contributed by atoms with Crippen LogP contribution in [-0.4, -0.2) is 59.0 Å². The molecule has 2 heterocycles. The van der Waals surface area contributed by atoms with Crippen LogP contribution in [-0.2, 0) is 4.79 Å². The lowest BCUT2D eigenvalue weighted by Crippen LogP contribution is -2.49. The van der Waals surface area contributed by atoms with Crippen molar-refractivity contribution < 1.29 is 14.3 Å². The van der Waals surface area contributed by atoms with Gasteiger partial charge in [-0.15, -0.1) is 0 Å². The second kappa shape index (κ2) is 8.05. The highest BCUT2D eigenvalue weighted by Gasteiger charge is 2.28. The van der Waals surface area contributed by atoms with Gasteiger partial charge in [0.25, 0.3) is 5.91 Å². The Morgan fingerprint density at radius 1 is 1.33 bits per heavy atom. The van der Waals surface area contributed by atoms with E-state index < -0.39 is 6.04 Å². The van der Waals surface area contributed by atoms with Gasteiger partial charge in [-0.05, 0) is 32.6 Å². The van der Waals surface area contributed by atoms with Gasteiger partial charge in [0.15, 0.2) is 0 Å². The SMILES string of the molecule is COc1cncc(C(=O)NC(C)C2CCN(C(=O)[C@H](C)N)CC2)n1. The standard InChI is InChI=1S/C16H25N5O3/c1-10(17)16(23)21-6-4-12(5-7-21)11(2)19-15(22)13-8-18-9-14(20-13)24-3/h8-12H,4-7,17H2,1-3H3,(H,19,22)/t10-,11?/m0/s1. The maximum Gasteiger partial charge on any atom is 0.271 e. The van der Waals surface area contributed by atoms with E-state index in [0.29, 0.717) is 24.9 Å². The number of rotatable bonds is 5. The largest absolute Gasteiger partial charge is 0.480 e.